The van der Waals surface area contributed by atoms with Crippen LogP contribution >= 0.6 is 11.3 Å². The van der Waals surface area contributed by atoms with Crippen LogP contribution in [-0.2, 0) is 19.6 Å². The third kappa shape index (κ3) is 5.62. The van der Waals surface area contributed by atoms with Crippen molar-refractivity contribution in [3.8, 4) is 11.5 Å². The highest BCUT2D eigenvalue weighted by Crippen LogP contribution is 2.29. The van der Waals surface area contributed by atoms with Gasteiger partial charge in [0.05, 0.1) is 6.61 Å². The van der Waals surface area contributed by atoms with E-state index in [1.165, 1.54) is 10.4 Å². The van der Waals surface area contributed by atoms with Crippen molar-refractivity contribution in [3.63, 3.8) is 0 Å². The Morgan fingerprint density at radius 1 is 1.23 bits per heavy atom. The normalized spacial score (nSPS) is 13.5. The number of hydrogen-bond donors (Lipinski definition) is 1. The highest BCUT2D eigenvalue weighted by atomic mass is 32.1. The molecule has 162 valence electrons. The lowest BCUT2D eigenvalue weighted by Crippen LogP contribution is -2.37. The topological polar surface area (TPSA) is 63.7 Å². The predicted octanol–water partition coefficient (Wildman–Crippen LogP) is 3.91. The van der Waals surface area contributed by atoms with Crippen molar-refractivity contribution in [1.29, 1.82) is 0 Å². The lowest BCUT2D eigenvalue weighted by molar-refractivity contribution is 0.0946. The largest absolute Gasteiger partial charge is 0.490 e. The average molecular weight is 438 g/mol. The molecule has 1 aromatic carbocycles. The van der Waals surface area contributed by atoms with Crippen molar-refractivity contribution in [1.82, 2.24) is 15.2 Å². The Kier molecular flexibility index (Phi) is 7.17. The van der Waals surface area contributed by atoms with Crippen molar-refractivity contribution in [2.24, 2.45) is 0 Å². The van der Waals surface area contributed by atoms with Crippen LogP contribution in [0.2, 0.25) is 0 Å². The first kappa shape index (κ1) is 21.3. The summed E-state index contributed by atoms with van der Waals surface area (Å²) < 4.78 is 11.6. The number of hydrogen-bond acceptors (Lipinski definition) is 6. The van der Waals surface area contributed by atoms with E-state index in [0.717, 1.165) is 31.6 Å². The van der Waals surface area contributed by atoms with E-state index in [-0.39, 0.29) is 5.91 Å². The maximum atomic E-state index is 12.7. The second-order valence-electron chi connectivity index (χ2n) is 7.40. The fourth-order valence-corrected chi connectivity index (χ4v) is 4.50. The van der Waals surface area contributed by atoms with Gasteiger partial charge in [-0.25, -0.2) is 0 Å². The summed E-state index contributed by atoms with van der Waals surface area (Å²) in [5.74, 6) is 1.08. The number of fused-ring (bicyclic) bond motifs is 1. The molecule has 0 unspecified atom stereocenters. The second kappa shape index (κ2) is 10.4. The zero-order valence-corrected chi connectivity index (χ0v) is 18.5. The lowest BCUT2D eigenvalue weighted by atomic mass is 10.1. The number of pyridine rings is 1. The first-order valence-corrected chi connectivity index (χ1v) is 11.4. The van der Waals surface area contributed by atoms with Gasteiger partial charge >= 0.3 is 0 Å². The zero-order chi connectivity index (χ0) is 21.5. The minimum Gasteiger partial charge on any atom is -0.490 e. The van der Waals surface area contributed by atoms with Gasteiger partial charge in [0.15, 0.2) is 11.5 Å². The highest BCUT2D eigenvalue weighted by Gasteiger charge is 2.17. The summed E-state index contributed by atoms with van der Waals surface area (Å²) in [6.07, 6.45) is 4.59. The number of ether oxygens (including phenoxy) is 2. The molecule has 2 aromatic heterocycles. The number of carbonyl (C=O) groups is 1. The monoisotopic (exact) mass is 437 g/mol. The van der Waals surface area contributed by atoms with Crippen molar-refractivity contribution >= 4 is 17.2 Å². The number of rotatable bonds is 9. The number of carbonyl (C=O) groups excluding carboxylic acids is 1. The quantitative estimate of drug-likeness (QED) is 0.550. The van der Waals surface area contributed by atoms with Crippen LogP contribution in [-0.4, -0.2) is 42.0 Å². The summed E-state index contributed by atoms with van der Waals surface area (Å²) in [5, 5.41) is 5.19. The fourth-order valence-electron chi connectivity index (χ4n) is 3.61. The summed E-state index contributed by atoms with van der Waals surface area (Å²) in [5.41, 5.74) is 2.96. The van der Waals surface area contributed by atoms with Crippen LogP contribution in [0, 0.1) is 0 Å². The van der Waals surface area contributed by atoms with Gasteiger partial charge in [0.1, 0.15) is 6.61 Å². The van der Waals surface area contributed by atoms with Crippen LogP contribution in [0.4, 0.5) is 0 Å². The molecule has 1 N–H and O–H groups in total. The molecule has 0 saturated carbocycles. The minimum absolute atomic E-state index is 0.104. The van der Waals surface area contributed by atoms with Crippen LogP contribution < -0.4 is 14.8 Å². The molecule has 0 atom stereocenters. The van der Waals surface area contributed by atoms with E-state index in [0.29, 0.717) is 36.8 Å². The Morgan fingerprint density at radius 3 is 3.00 bits per heavy atom. The fraction of sp³-hybridized carbons (Fsp3) is 0.333. The van der Waals surface area contributed by atoms with Gasteiger partial charge < -0.3 is 14.8 Å². The van der Waals surface area contributed by atoms with Crippen LogP contribution in [0.1, 0.15) is 33.3 Å². The van der Waals surface area contributed by atoms with E-state index in [1.807, 2.05) is 30.4 Å². The molecule has 1 aliphatic rings. The number of nitrogens with zero attached hydrogens (tertiary/aromatic N) is 2. The summed E-state index contributed by atoms with van der Waals surface area (Å²) in [7, 11) is 0. The third-order valence-electron chi connectivity index (χ3n) is 5.22. The van der Waals surface area contributed by atoms with Gasteiger partial charge in [-0.3, -0.25) is 14.7 Å². The molecule has 6 nitrogen and oxygen atoms in total. The Balaban J connectivity index is 1.31. The molecule has 0 radical (unpaired) electrons. The van der Waals surface area contributed by atoms with Gasteiger partial charge in [-0.15, -0.1) is 11.3 Å². The molecule has 3 aromatic rings. The smallest absolute Gasteiger partial charge is 0.251 e. The van der Waals surface area contributed by atoms with Crippen molar-refractivity contribution in [2.75, 3.05) is 26.2 Å². The summed E-state index contributed by atoms with van der Waals surface area (Å²) in [6.45, 7) is 6.25. The second-order valence-corrected chi connectivity index (χ2v) is 8.40. The molecule has 0 saturated heterocycles. The molecule has 0 aliphatic carbocycles. The van der Waals surface area contributed by atoms with E-state index in [1.54, 1.807) is 30.6 Å². The van der Waals surface area contributed by atoms with Crippen LogP contribution in [0.25, 0.3) is 0 Å². The average Bonchev–Trinajstić information content (AvgIpc) is 3.27. The van der Waals surface area contributed by atoms with Crippen LogP contribution in [0.15, 0.2) is 54.2 Å². The SMILES string of the molecule is CCOc1cc(C(=O)NCCN2CCc3sccc3C2)ccc1OCc1cccnc1. The zero-order valence-electron chi connectivity index (χ0n) is 17.7. The molecule has 0 spiro atoms. The van der Waals surface area contributed by atoms with Crippen molar-refractivity contribution in [2.45, 2.75) is 26.5 Å². The molecule has 0 fully saturated rings. The number of amides is 1. The van der Waals surface area contributed by atoms with Gasteiger partial charge in [0, 0.05) is 54.6 Å². The Hall–Kier alpha value is -2.90. The molecular weight excluding hydrogens is 410 g/mol. The van der Waals surface area contributed by atoms with Crippen molar-refractivity contribution in [3.05, 3.63) is 75.7 Å². The standard InChI is InChI=1S/C24H27N3O3S/c1-2-29-22-14-19(5-6-21(22)30-17-18-4-3-9-25-15-18)24(28)26-10-12-27-11-7-23-20(16-27)8-13-31-23/h3-6,8-9,13-15H,2,7,10-12,16-17H2,1H3,(H,26,28). The number of nitrogens with one attached hydrogen (secondary N) is 1. The highest BCUT2D eigenvalue weighted by molar-refractivity contribution is 7.10. The van der Waals surface area contributed by atoms with Crippen LogP contribution in [0.3, 0.4) is 0 Å². The van der Waals surface area contributed by atoms with Gasteiger partial charge in [0.2, 0.25) is 0 Å². The molecule has 1 amide bonds. The molecule has 4 rings (SSSR count). The molecular formula is C24H27N3O3S. The van der Waals surface area contributed by atoms with Gasteiger partial charge in [-0.2, -0.15) is 0 Å². The van der Waals surface area contributed by atoms with E-state index in [2.05, 4.69) is 26.6 Å². The summed E-state index contributed by atoms with van der Waals surface area (Å²) in [4.78, 5) is 20.6. The van der Waals surface area contributed by atoms with E-state index < -0.39 is 0 Å². The van der Waals surface area contributed by atoms with E-state index in [4.69, 9.17) is 9.47 Å². The number of aromatic nitrogens is 1. The van der Waals surface area contributed by atoms with Crippen LogP contribution in [0.5, 0.6) is 11.5 Å². The maximum Gasteiger partial charge on any atom is 0.251 e. The van der Waals surface area contributed by atoms with Crippen molar-refractivity contribution < 1.29 is 14.3 Å². The Bertz CT molecular complexity index is 1010. The van der Waals surface area contributed by atoms with Gasteiger partial charge in [-0.1, -0.05) is 6.07 Å². The summed E-state index contributed by atoms with van der Waals surface area (Å²) >= 11 is 1.84. The van der Waals surface area contributed by atoms with E-state index in [9.17, 15) is 4.79 Å². The first-order valence-electron chi connectivity index (χ1n) is 10.6. The molecule has 3 heterocycles. The maximum absolute atomic E-state index is 12.7. The molecule has 7 heteroatoms. The molecule has 1 aliphatic heterocycles. The number of thiophene rings is 1. The van der Waals surface area contributed by atoms with Gasteiger partial charge in [0.25, 0.3) is 5.91 Å². The van der Waals surface area contributed by atoms with Gasteiger partial charge in [-0.05, 0) is 54.6 Å². The molecule has 0 bridgehead atoms. The lowest BCUT2D eigenvalue weighted by Gasteiger charge is -2.26. The minimum atomic E-state index is -0.104. The predicted molar refractivity (Wildman–Crippen MR) is 122 cm³/mol. The Labute approximate surface area is 186 Å². The first-order chi connectivity index (χ1) is 15.2. The van der Waals surface area contributed by atoms with E-state index >= 15 is 0 Å². The number of benzene rings is 1. The Morgan fingerprint density at radius 2 is 2.16 bits per heavy atom. The third-order valence-corrected chi connectivity index (χ3v) is 6.25. The summed E-state index contributed by atoms with van der Waals surface area (Å²) in [6, 6.07) is 11.3. The molecule has 31 heavy (non-hydrogen) atoms.